The Labute approximate surface area is 117 Å². The van der Waals surface area contributed by atoms with E-state index in [4.69, 9.17) is 10.5 Å². The van der Waals surface area contributed by atoms with Crippen molar-refractivity contribution in [2.45, 2.75) is 33.2 Å². The standard InChI is InChI=1S/C16H28N2O/c1-5-10-16(2,12-17)13-18(3)11-14-8-6-7-9-15(14)19-4/h6-9H,5,10-13,17H2,1-4H3. The van der Waals surface area contributed by atoms with E-state index in [-0.39, 0.29) is 5.41 Å². The molecule has 3 nitrogen and oxygen atoms in total. The lowest BCUT2D eigenvalue weighted by atomic mass is 9.85. The summed E-state index contributed by atoms with van der Waals surface area (Å²) in [5, 5.41) is 0. The van der Waals surface area contributed by atoms with Crippen molar-refractivity contribution in [2.75, 3.05) is 27.2 Å². The van der Waals surface area contributed by atoms with Crippen molar-refractivity contribution < 1.29 is 4.74 Å². The second-order valence-corrected chi connectivity index (χ2v) is 5.75. The highest BCUT2D eigenvalue weighted by Gasteiger charge is 2.23. The number of hydrogen-bond donors (Lipinski definition) is 1. The Kier molecular flexibility index (Phi) is 6.32. The minimum absolute atomic E-state index is 0.200. The fraction of sp³-hybridized carbons (Fsp3) is 0.625. The molecule has 0 aromatic heterocycles. The maximum absolute atomic E-state index is 5.94. The summed E-state index contributed by atoms with van der Waals surface area (Å²) in [5.74, 6) is 0.958. The first-order valence-electron chi connectivity index (χ1n) is 7.05. The van der Waals surface area contributed by atoms with Gasteiger partial charge >= 0.3 is 0 Å². The zero-order valence-corrected chi connectivity index (χ0v) is 12.8. The van der Waals surface area contributed by atoms with Gasteiger partial charge in [0.25, 0.3) is 0 Å². The first kappa shape index (κ1) is 16.0. The van der Waals surface area contributed by atoms with Gasteiger partial charge in [-0.1, -0.05) is 38.5 Å². The molecule has 0 spiro atoms. The molecule has 0 amide bonds. The van der Waals surface area contributed by atoms with E-state index in [0.29, 0.717) is 0 Å². The van der Waals surface area contributed by atoms with E-state index in [1.807, 2.05) is 12.1 Å². The Bertz CT molecular complexity index is 381. The first-order valence-corrected chi connectivity index (χ1v) is 7.05. The quantitative estimate of drug-likeness (QED) is 0.784. The molecule has 1 unspecified atom stereocenters. The molecule has 3 heteroatoms. The number of para-hydroxylation sites is 1. The van der Waals surface area contributed by atoms with Crippen LogP contribution in [0.15, 0.2) is 24.3 Å². The molecular formula is C16H28N2O. The van der Waals surface area contributed by atoms with E-state index < -0.39 is 0 Å². The van der Waals surface area contributed by atoms with Crippen LogP contribution in [0.4, 0.5) is 0 Å². The van der Waals surface area contributed by atoms with Gasteiger partial charge in [-0.3, -0.25) is 0 Å². The third kappa shape index (κ3) is 4.84. The number of nitrogens with zero attached hydrogens (tertiary/aromatic N) is 1. The number of methoxy groups -OCH3 is 1. The van der Waals surface area contributed by atoms with Gasteiger partial charge in [-0.25, -0.2) is 0 Å². The largest absolute Gasteiger partial charge is 0.496 e. The molecule has 0 aliphatic heterocycles. The van der Waals surface area contributed by atoms with Crippen LogP contribution in [0.5, 0.6) is 5.75 Å². The van der Waals surface area contributed by atoms with Crippen LogP contribution in [0.2, 0.25) is 0 Å². The third-order valence-corrected chi connectivity index (χ3v) is 3.63. The average Bonchev–Trinajstić information content (AvgIpc) is 2.39. The zero-order chi connectivity index (χ0) is 14.3. The van der Waals surface area contributed by atoms with Gasteiger partial charge in [-0.15, -0.1) is 0 Å². The molecule has 1 aromatic rings. The molecule has 0 saturated heterocycles. The monoisotopic (exact) mass is 264 g/mol. The molecule has 0 heterocycles. The van der Waals surface area contributed by atoms with E-state index in [0.717, 1.165) is 25.4 Å². The summed E-state index contributed by atoms with van der Waals surface area (Å²) in [4.78, 5) is 2.33. The van der Waals surface area contributed by atoms with Crippen LogP contribution in [-0.2, 0) is 6.54 Å². The summed E-state index contributed by atoms with van der Waals surface area (Å²) >= 11 is 0. The highest BCUT2D eigenvalue weighted by atomic mass is 16.5. The summed E-state index contributed by atoms with van der Waals surface area (Å²) in [6, 6.07) is 8.19. The van der Waals surface area contributed by atoms with E-state index in [9.17, 15) is 0 Å². The number of rotatable bonds is 8. The molecule has 2 N–H and O–H groups in total. The summed E-state index contributed by atoms with van der Waals surface area (Å²) in [6.07, 6.45) is 2.34. The van der Waals surface area contributed by atoms with Crippen LogP contribution < -0.4 is 10.5 Å². The van der Waals surface area contributed by atoms with Gasteiger partial charge in [0.05, 0.1) is 7.11 Å². The molecule has 1 atom stereocenters. The molecule has 0 radical (unpaired) electrons. The number of nitrogens with two attached hydrogens (primary N) is 1. The van der Waals surface area contributed by atoms with Crippen molar-refractivity contribution >= 4 is 0 Å². The van der Waals surface area contributed by atoms with Crippen molar-refractivity contribution in [3.8, 4) is 5.75 Å². The Hall–Kier alpha value is -1.06. The Morgan fingerprint density at radius 2 is 2.00 bits per heavy atom. The van der Waals surface area contributed by atoms with Crippen molar-refractivity contribution in [1.82, 2.24) is 4.90 Å². The van der Waals surface area contributed by atoms with Gasteiger partial charge in [0.15, 0.2) is 0 Å². The maximum atomic E-state index is 5.94. The molecule has 0 aliphatic carbocycles. The van der Waals surface area contributed by atoms with E-state index in [1.54, 1.807) is 7.11 Å². The fourth-order valence-corrected chi connectivity index (χ4v) is 2.68. The highest BCUT2D eigenvalue weighted by Crippen LogP contribution is 2.25. The van der Waals surface area contributed by atoms with Gasteiger partial charge in [-0.05, 0) is 31.5 Å². The van der Waals surface area contributed by atoms with Crippen LogP contribution >= 0.6 is 0 Å². The second-order valence-electron chi connectivity index (χ2n) is 5.75. The topological polar surface area (TPSA) is 38.5 Å². The summed E-state index contributed by atoms with van der Waals surface area (Å²) < 4.78 is 5.40. The van der Waals surface area contributed by atoms with E-state index in [1.165, 1.54) is 18.4 Å². The zero-order valence-electron chi connectivity index (χ0n) is 12.8. The molecule has 0 bridgehead atoms. The molecule has 0 fully saturated rings. The van der Waals surface area contributed by atoms with Crippen LogP contribution in [0.25, 0.3) is 0 Å². The van der Waals surface area contributed by atoms with E-state index in [2.05, 4.69) is 37.9 Å². The average molecular weight is 264 g/mol. The predicted molar refractivity (Wildman–Crippen MR) is 81.4 cm³/mol. The van der Waals surface area contributed by atoms with Crippen LogP contribution in [0.3, 0.4) is 0 Å². The van der Waals surface area contributed by atoms with Crippen molar-refractivity contribution in [1.29, 1.82) is 0 Å². The fourth-order valence-electron chi connectivity index (χ4n) is 2.68. The SMILES string of the molecule is CCCC(C)(CN)CN(C)Cc1ccccc1OC. The van der Waals surface area contributed by atoms with Crippen molar-refractivity contribution in [2.24, 2.45) is 11.1 Å². The predicted octanol–water partition coefficient (Wildman–Crippen LogP) is 2.89. The lowest BCUT2D eigenvalue weighted by Crippen LogP contribution is -2.38. The first-order chi connectivity index (χ1) is 9.04. The van der Waals surface area contributed by atoms with Crippen molar-refractivity contribution in [3.63, 3.8) is 0 Å². The van der Waals surface area contributed by atoms with Gasteiger partial charge in [0.2, 0.25) is 0 Å². The van der Waals surface area contributed by atoms with Crippen molar-refractivity contribution in [3.05, 3.63) is 29.8 Å². The molecule has 1 rings (SSSR count). The molecule has 19 heavy (non-hydrogen) atoms. The lowest BCUT2D eigenvalue weighted by Gasteiger charge is -2.32. The van der Waals surface area contributed by atoms with Crippen LogP contribution in [0, 0.1) is 5.41 Å². The van der Waals surface area contributed by atoms with E-state index >= 15 is 0 Å². The van der Waals surface area contributed by atoms with Gasteiger partial charge in [-0.2, -0.15) is 0 Å². The lowest BCUT2D eigenvalue weighted by molar-refractivity contribution is 0.178. The Balaban J connectivity index is 2.66. The van der Waals surface area contributed by atoms with Gasteiger partial charge in [0, 0.05) is 18.7 Å². The Morgan fingerprint density at radius 3 is 2.58 bits per heavy atom. The summed E-state index contributed by atoms with van der Waals surface area (Å²) in [5.41, 5.74) is 7.36. The summed E-state index contributed by atoms with van der Waals surface area (Å²) in [7, 11) is 3.87. The second kappa shape index (κ2) is 7.51. The summed E-state index contributed by atoms with van der Waals surface area (Å²) in [6.45, 7) is 7.12. The normalized spacial score (nSPS) is 14.4. The smallest absolute Gasteiger partial charge is 0.123 e. The number of benzene rings is 1. The van der Waals surface area contributed by atoms with Gasteiger partial charge < -0.3 is 15.4 Å². The Morgan fingerprint density at radius 1 is 1.32 bits per heavy atom. The minimum Gasteiger partial charge on any atom is -0.496 e. The molecular weight excluding hydrogens is 236 g/mol. The van der Waals surface area contributed by atoms with Crippen LogP contribution in [-0.4, -0.2) is 32.1 Å². The van der Waals surface area contributed by atoms with Gasteiger partial charge in [0.1, 0.15) is 5.75 Å². The van der Waals surface area contributed by atoms with Crippen LogP contribution in [0.1, 0.15) is 32.3 Å². The third-order valence-electron chi connectivity index (χ3n) is 3.63. The number of ether oxygens (including phenoxy) is 1. The highest BCUT2D eigenvalue weighted by molar-refractivity contribution is 5.33. The minimum atomic E-state index is 0.200. The molecule has 0 aliphatic rings. The maximum Gasteiger partial charge on any atom is 0.123 e. The molecule has 1 aromatic carbocycles. The molecule has 0 saturated carbocycles. The number of hydrogen-bond acceptors (Lipinski definition) is 3. The molecule has 108 valence electrons.